The molecule has 1 heterocycles. The molecule has 0 amide bonds. The van der Waals surface area contributed by atoms with Crippen LogP contribution in [0.3, 0.4) is 0 Å². The molecule has 5 heteroatoms. The Morgan fingerprint density at radius 1 is 1.33 bits per heavy atom. The lowest BCUT2D eigenvalue weighted by molar-refractivity contribution is 0.00346. The Kier molecular flexibility index (Phi) is 8.48. The molecule has 0 radical (unpaired) electrons. The molecule has 0 aliphatic carbocycles. The van der Waals surface area contributed by atoms with E-state index in [1.807, 2.05) is 0 Å². The molecular formula is C19H32O3SSi. The Morgan fingerprint density at radius 3 is 2.67 bits per heavy atom. The lowest BCUT2D eigenvalue weighted by Gasteiger charge is -2.25. The first kappa shape index (κ1) is 21.2. The van der Waals surface area contributed by atoms with Crippen molar-refractivity contribution in [2.75, 3.05) is 12.0 Å². The molecule has 0 N–H and O–H groups in total. The minimum Gasteiger partial charge on any atom is -0.370 e. The monoisotopic (exact) mass is 368 g/mol. The third kappa shape index (κ3) is 10.9. The van der Waals surface area contributed by atoms with Crippen LogP contribution in [0.25, 0.3) is 0 Å². The van der Waals surface area contributed by atoms with Gasteiger partial charge in [-0.3, -0.25) is 0 Å². The fraction of sp³-hybridized carbons (Fsp3) is 0.684. The summed E-state index contributed by atoms with van der Waals surface area (Å²) in [5, 5.41) is 0. The molecule has 24 heavy (non-hydrogen) atoms. The van der Waals surface area contributed by atoms with Crippen LogP contribution in [0, 0.1) is 11.5 Å². The highest BCUT2D eigenvalue weighted by molar-refractivity contribution is 7.90. The summed E-state index contributed by atoms with van der Waals surface area (Å²) in [5.74, 6) is 3.49. The molecule has 0 saturated carbocycles. The first-order valence-corrected chi connectivity index (χ1v) is 14.3. The molecule has 0 fully saturated rings. The number of allylic oxidation sites excluding steroid dienone is 1. The first-order chi connectivity index (χ1) is 11.1. The molecule has 136 valence electrons. The van der Waals surface area contributed by atoms with E-state index in [0.29, 0.717) is 6.42 Å². The van der Waals surface area contributed by atoms with E-state index >= 15 is 0 Å². The topological polar surface area (TPSA) is 43.4 Å². The summed E-state index contributed by atoms with van der Waals surface area (Å²) in [4.78, 5) is 0. The van der Waals surface area contributed by atoms with Crippen LogP contribution >= 0.6 is 0 Å². The summed E-state index contributed by atoms with van der Waals surface area (Å²) < 4.78 is 28.4. The maximum Gasteiger partial charge on any atom is 0.147 e. The number of rotatable bonds is 8. The van der Waals surface area contributed by atoms with Crippen molar-refractivity contribution in [2.45, 2.75) is 70.4 Å². The SMILES string of the molecule is C=C(CCCC1CC=CC(CC#C[Si](C)(C)C)O1)CCS(C)(=O)=O. The summed E-state index contributed by atoms with van der Waals surface area (Å²) in [6, 6.07) is 0. The largest absolute Gasteiger partial charge is 0.370 e. The van der Waals surface area contributed by atoms with Crippen molar-refractivity contribution in [3.63, 3.8) is 0 Å². The van der Waals surface area contributed by atoms with Gasteiger partial charge in [-0.15, -0.1) is 11.5 Å². The summed E-state index contributed by atoms with van der Waals surface area (Å²) in [5.41, 5.74) is 4.40. The maximum atomic E-state index is 11.2. The molecule has 0 saturated heterocycles. The number of hydrogen-bond acceptors (Lipinski definition) is 3. The van der Waals surface area contributed by atoms with Crippen molar-refractivity contribution in [1.29, 1.82) is 0 Å². The van der Waals surface area contributed by atoms with E-state index in [1.165, 1.54) is 6.26 Å². The van der Waals surface area contributed by atoms with Crippen LogP contribution in [-0.4, -0.2) is 40.7 Å². The van der Waals surface area contributed by atoms with Gasteiger partial charge in [0, 0.05) is 12.7 Å². The van der Waals surface area contributed by atoms with Crippen LogP contribution in [-0.2, 0) is 14.6 Å². The van der Waals surface area contributed by atoms with Gasteiger partial charge in [-0.2, -0.15) is 0 Å². The third-order valence-corrected chi connectivity index (χ3v) is 5.64. The highest BCUT2D eigenvalue weighted by Gasteiger charge is 2.17. The minimum atomic E-state index is -2.90. The van der Waals surface area contributed by atoms with Crippen molar-refractivity contribution in [3.8, 4) is 11.5 Å². The highest BCUT2D eigenvalue weighted by Crippen LogP contribution is 2.21. The average Bonchev–Trinajstić information content (AvgIpc) is 2.43. The molecule has 3 nitrogen and oxygen atoms in total. The quantitative estimate of drug-likeness (QED) is 0.367. The van der Waals surface area contributed by atoms with Gasteiger partial charge >= 0.3 is 0 Å². The Hall–Kier alpha value is -0.833. The van der Waals surface area contributed by atoms with E-state index in [-0.39, 0.29) is 18.0 Å². The standard InChI is InChI=1S/C19H32O3SSi/c1-17(14-15-23(2,20)21)9-6-10-18-11-7-12-19(22-18)13-8-16-24(3,4)5/h7,12,18-19H,1,6,9-11,13-15H2,2-5H3. The zero-order valence-electron chi connectivity index (χ0n) is 15.6. The maximum absolute atomic E-state index is 11.2. The van der Waals surface area contributed by atoms with E-state index < -0.39 is 17.9 Å². The van der Waals surface area contributed by atoms with E-state index in [9.17, 15) is 8.42 Å². The second-order valence-electron chi connectivity index (χ2n) is 7.74. The summed E-state index contributed by atoms with van der Waals surface area (Å²) >= 11 is 0. The average molecular weight is 369 g/mol. The number of hydrogen-bond donors (Lipinski definition) is 0. The van der Waals surface area contributed by atoms with Crippen LogP contribution in [0.5, 0.6) is 0 Å². The predicted molar refractivity (Wildman–Crippen MR) is 105 cm³/mol. The predicted octanol–water partition coefficient (Wildman–Crippen LogP) is 4.13. The van der Waals surface area contributed by atoms with Crippen molar-refractivity contribution >= 4 is 17.9 Å². The summed E-state index contributed by atoms with van der Waals surface area (Å²) in [7, 11) is -4.20. The molecule has 0 spiro atoms. The molecule has 0 aromatic rings. The number of ether oxygens (including phenoxy) is 1. The summed E-state index contributed by atoms with van der Waals surface area (Å²) in [6.07, 6.45) is 11.1. The molecule has 2 unspecified atom stereocenters. The summed E-state index contributed by atoms with van der Waals surface area (Å²) in [6.45, 7) is 10.7. The van der Waals surface area contributed by atoms with Gasteiger partial charge in [-0.25, -0.2) is 8.42 Å². The van der Waals surface area contributed by atoms with E-state index in [0.717, 1.165) is 37.7 Å². The van der Waals surface area contributed by atoms with Crippen LogP contribution < -0.4 is 0 Å². The molecular weight excluding hydrogens is 336 g/mol. The number of sulfone groups is 1. The lowest BCUT2D eigenvalue weighted by atomic mass is 10.0. The molecule has 1 aliphatic rings. The zero-order chi connectivity index (χ0) is 18.2. The van der Waals surface area contributed by atoms with Crippen LogP contribution in [0.1, 0.15) is 38.5 Å². The molecule has 1 rings (SSSR count). The van der Waals surface area contributed by atoms with Crippen molar-refractivity contribution in [3.05, 3.63) is 24.3 Å². The van der Waals surface area contributed by atoms with Crippen molar-refractivity contribution in [2.24, 2.45) is 0 Å². The molecule has 0 aromatic heterocycles. The van der Waals surface area contributed by atoms with E-state index in [4.69, 9.17) is 4.74 Å². The van der Waals surface area contributed by atoms with Gasteiger partial charge in [0.2, 0.25) is 0 Å². The first-order valence-electron chi connectivity index (χ1n) is 8.72. The Morgan fingerprint density at radius 2 is 2.04 bits per heavy atom. The van der Waals surface area contributed by atoms with Crippen LogP contribution in [0.4, 0.5) is 0 Å². The van der Waals surface area contributed by atoms with Crippen molar-refractivity contribution in [1.82, 2.24) is 0 Å². The van der Waals surface area contributed by atoms with Gasteiger partial charge in [0.25, 0.3) is 0 Å². The van der Waals surface area contributed by atoms with Crippen LogP contribution in [0.2, 0.25) is 19.6 Å². The van der Waals surface area contributed by atoms with E-state index in [2.05, 4.69) is 49.8 Å². The smallest absolute Gasteiger partial charge is 0.147 e. The highest BCUT2D eigenvalue weighted by atomic mass is 32.2. The normalized spacial score (nSPS) is 21.2. The Bertz CT molecular complexity index is 603. The van der Waals surface area contributed by atoms with Gasteiger partial charge in [-0.05, 0) is 32.1 Å². The van der Waals surface area contributed by atoms with E-state index in [1.54, 1.807) is 0 Å². The fourth-order valence-corrected chi connectivity index (χ4v) is 3.78. The Balaban J connectivity index is 2.28. The van der Waals surface area contributed by atoms with Crippen molar-refractivity contribution < 1.29 is 13.2 Å². The molecule has 2 atom stereocenters. The van der Waals surface area contributed by atoms with Gasteiger partial charge < -0.3 is 4.74 Å². The molecule has 1 aliphatic heterocycles. The second-order valence-corrected chi connectivity index (χ2v) is 14.7. The minimum absolute atomic E-state index is 0.112. The van der Waals surface area contributed by atoms with Gasteiger partial charge in [0.1, 0.15) is 17.9 Å². The molecule has 0 bridgehead atoms. The Labute approximate surface area is 149 Å². The lowest BCUT2D eigenvalue weighted by Crippen LogP contribution is -2.24. The molecule has 0 aromatic carbocycles. The third-order valence-electron chi connectivity index (χ3n) is 3.77. The van der Waals surface area contributed by atoms with Crippen LogP contribution in [0.15, 0.2) is 24.3 Å². The van der Waals surface area contributed by atoms with Gasteiger partial charge in [0.05, 0.1) is 18.0 Å². The second kappa shape index (κ2) is 9.60. The van der Waals surface area contributed by atoms with Gasteiger partial charge in [-0.1, -0.05) is 43.9 Å². The zero-order valence-corrected chi connectivity index (χ0v) is 17.4. The fourth-order valence-electron chi connectivity index (χ4n) is 2.48. The van der Waals surface area contributed by atoms with Gasteiger partial charge in [0.15, 0.2) is 0 Å².